The fourth-order valence-corrected chi connectivity index (χ4v) is 4.97. The predicted octanol–water partition coefficient (Wildman–Crippen LogP) is 3.79. The van der Waals surface area contributed by atoms with Crippen molar-refractivity contribution in [1.82, 2.24) is 10.2 Å². The molecule has 172 valence electrons. The highest BCUT2D eigenvalue weighted by molar-refractivity contribution is 5.89. The van der Waals surface area contributed by atoms with Gasteiger partial charge in [0.05, 0.1) is 5.92 Å². The van der Waals surface area contributed by atoms with Crippen molar-refractivity contribution < 1.29 is 24.2 Å². The maximum Gasteiger partial charge on any atom is 0.407 e. The summed E-state index contributed by atoms with van der Waals surface area (Å²) in [4.78, 5) is 37.6. The molecule has 1 fully saturated rings. The molecule has 0 aromatic heterocycles. The molecular formula is C26H28N2O5. The number of carboxylic acid groups (broad SMARTS) is 1. The number of benzene rings is 2. The van der Waals surface area contributed by atoms with Crippen LogP contribution in [0.25, 0.3) is 11.1 Å². The van der Waals surface area contributed by atoms with Gasteiger partial charge in [-0.1, -0.05) is 61.5 Å². The average molecular weight is 449 g/mol. The molecule has 4 rings (SSSR count). The van der Waals surface area contributed by atoms with Crippen molar-refractivity contribution in [2.24, 2.45) is 5.92 Å². The number of carbonyl (C=O) groups excluding carboxylic acids is 2. The Labute approximate surface area is 193 Å². The number of carboxylic acids is 1. The molecule has 1 aliphatic heterocycles. The normalized spacial score (nSPS) is 19.4. The second kappa shape index (κ2) is 9.90. The van der Waals surface area contributed by atoms with Crippen molar-refractivity contribution in [3.8, 4) is 11.1 Å². The van der Waals surface area contributed by atoms with Crippen molar-refractivity contribution in [2.75, 3.05) is 19.7 Å². The Morgan fingerprint density at radius 3 is 2.33 bits per heavy atom. The molecular weight excluding hydrogens is 420 g/mol. The van der Waals surface area contributed by atoms with Gasteiger partial charge in [0, 0.05) is 31.1 Å². The van der Waals surface area contributed by atoms with Crippen LogP contribution in [0.4, 0.5) is 4.79 Å². The van der Waals surface area contributed by atoms with Crippen LogP contribution in [0.5, 0.6) is 0 Å². The lowest BCUT2D eigenvalue weighted by Gasteiger charge is -2.24. The quantitative estimate of drug-likeness (QED) is 0.629. The molecule has 0 spiro atoms. The van der Waals surface area contributed by atoms with Gasteiger partial charge in [0.15, 0.2) is 0 Å². The van der Waals surface area contributed by atoms with Gasteiger partial charge in [0.2, 0.25) is 5.91 Å². The third-order valence-electron chi connectivity index (χ3n) is 6.53. The molecule has 7 nitrogen and oxygen atoms in total. The molecule has 7 heteroatoms. The van der Waals surface area contributed by atoms with Gasteiger partial charge in [-0.05, 0) is 35.1 Å². The molecule has 0 radical (unpaired) electrons. The van der Waals surface area contributed by atoms with Crippen LogP contribution in [0, 0.1) is 5.92 Å². The number of hydrogen-bond acceptors (Lipinski definition) is 4. The number of ether oxygens (including phenoxy) is 1. The zero-order chi connectivity index (χ0) is 23.4. The summed E-state index contributed by atoms with van der Waals surface area (Å²) in [5, 5.41) is 11.9. The van der Waals surface area contributed by atoms with Gasteiger partial charge in [-0.3, -0.25) is 9.59 Å². The third-order valence-corrected chi connectivity index (χ3v) is 6.53. The molecule has 2 atom stereocenters. The van der Waals surface area contributed by atoms with Crippen LogP contribution in [-0.4, -0.2) is 53.7 Å². The molecule has 2 N–H and O–H groups in total. The van der Waals surface area contributed by atoms with Crippen molar-refractivity contribution in [1.29, 1.82) is 0 Å². The van der Waals surface area contributed by atoms with Crippen molar-refractivity contribution in [2.45, 2.75) is 31.7 Å². The number of nitrogens with one attached hydrogen (secondary N) is 1. The molecule has 1 aliphatic carbocycles. The second-order valence-electron chi connectivity index (χ2n) is 8.35. The maximum atomic E-state index is 12.5. The lowest BCUT2D eigenvalue weighted by molar-refractivity contribution is -0.143. The highest BCUT2D eigenvalue weighted by Crippen LogP contribution is 2.44. The van der Waals surface area contributed by atoms with E-state index in [2.05, 4.69) is 29.6 Å². The number of fused-ring (bicyclic) bond motifs is 3. The van der Waals surface area contributed by atoms with Crippen molar-refractivity contribution in [3.05, 3.63) is 71.8 Å². The van der Waals surface area contributed by atoms with E-state index in [1.165, 1.54) is 17.2 Å². The highest BCUT2D eigenvalue weighted by atomic mass is 16.5. The van der Waals surface area contributed by atoms with Gasteiger partial charge in [0.1, 0.15) is 6.61 Å². The number of rotatable bonds is 7. The van der Waals surface area contributed by atoms with E-state index in [1.807, 2.05) is 31.2 Å². The molecule has 33 heavy (non-hydrogen) atoms. The fourth-order valence-electron chi connectivity index (χ4n) is 4.97. The van der Waals surface area contributed by atoms with Gasteiger partial charge >= 0.3 is 12.1 Å². The number of aliphatic carboxylic acids is 1. The lowest BCUT2D eigenvalue weighted by atomic mass is 9.98. The summed E-state index contributed by atoms with van der Waals surface area (Å²) in [6.07, 6.45) is 3.45. The molecule has 2 amide bonds. The highest BCUT2D eigenvalue weighted by Gasteiger charge is 2.39. The van der Waals surface area contributed by atoms with Crippen LogP contribution >= 0.6 is 0 Å². The Kier molecular flexibility index (Phi) is 6.77. The number of amides is 2. The molecule has 1 heterocycles. The van der Waals surface area contributed by atoms with Crippen LogP contribution in [-0.2, 0) is 14.3 Å². The van der Waals surface area contributed by atoms with E-state index in [-0.39, 0.29) is 31.0 Å². The zero-order valence-electron chi connectivity index (χ0n) is 18.6. The Balaban J connectivity index is 1.27. The van der Waals surface area contributed by atoms with E-state index in [0.717, 1.165) is 11.1 Å². The number of carbonyl (C=O) groups is 3. The Morgan fingerprint density at radius 2 is 1.73 bits per heavy atom. The van der Waals surface area contributed by atoms with Crippen LogP contribution in [0.3, 0.4) is 0 Å². The largest absolute Gasteiger partial charge is 0.481 e. The monoisotopic (exact) mass is 448 g/mol. The maximum absolute atomic E-state index is 12.5. The first kappa shape index (κ1) is 22.6. The number of hydrogen-bond donors (Lipinski definition) is 2. The Morgan fingerprint density at radius 1 is 1.09 bits per heavy atom. The standard InChI is InChI=1S/C26H28N2O5/c1-2-23-21(25(30)31)13-15-28(23)24(29)12-7-14-27-26(32)33-16-22-19-10-5-3-8-17(19)18-9-4-6-11-20(18)22/h3-12,21-23H,2,13-16H2,1H3,(H,27,32)(H,30,31)/b12-7+. The number of likely N-dealkylation sites (tertiary alicyclic amines) is 1. The minimum Gasteiger partial charge on any atom is -0.481 e. The molecule has 2 aliphatic rings. The van der Waals surface area contributed by atoms with E-state index >= 15 is 0 Å². The van der Waals surface area contributed by atoms with Crippen LogP contribution in [0.1, 0.15) is 36.8 Å². The summed E-state index contributed by atoms with van der Waals surface area (Å²) in [6, 6.07) is 16.0. The summed E-state index contributed by atoms with van der Waals surface area (Å²) in [6.45, 7) is 2.69. The van der Waals surface area contributed by atoms with Crippen molar-refractivity contribution in [3.63, 3.8) is 0 Å². The van der Waals surface area contributed by atoms with Gasteiger partial charge in [-0.25, -0.2) is 4.79 Å². The van der Waals surface area contributed by atoms with Gasteiger partial charge in [0.25, 0.3) is 0 Å². The summed E-state index contributed by atoms with van der Waals surface area (Å²) in [5.74, 6) is -1.63. The SMILES string of the molecule is CCC1C(C(=O)O)CCN1C(=O)/C=C/CNC(=O)OCC1c2ccccc2-c2ccccc21. The van der Waals surface area contributed by atoms with Gasteiger partial charge in [-0.15, -0.1) is 0 Å². The van der Waals surface area contributed by atoms with Crippen LogP contribution < -0.4 is 5.32 Å². The summed E-state index contributed by atoms with van der Waals surface area (Å²) >= 11 is 0. The van der Waals surface area contributed by atoms with E-state index in [9.17, 15) is 19.5 Å². The third kappa shape index (κ3) is 4.62. The number of nitrogens with zero attached hydrogens (tertiary/aromatic N) is 1. The minimum atomic E-state index is -0.863. The Hall–Kier alpha value is -3.61. The first-order valence-electron chi connectivity index (χ1n) is 11.3. The summed E-state index contributed by atoms with van der Waals surface area (Å²) < 4.78 is 5.48. The molecule has 0 bridgehead atoms. The first-order valence-corrected chi connectivity index (χ1v) is 11.3. The number of alkyl carbamates (subject to hydrolysis) is 1. The molecule has 2 aromatic rings. The fraction of sp³-hybridized carbons (Fsp3) is 0.346. The smallest absolute Gasteiger partial charge is 0.407 e. The summed E-state index contributed by atoms with van der Waals surface area (Å²) in [5.41, 5.74) is 4.63. The summed E-state index contributed by atoms with van der Waals surface area (Å²) in [7, 11) is 0. The lowest BCUT2D eigenvalue weighted by Crippen LogP contribution is -2.38. The Bertz CT molecular complexity index is 1030. The van der Waals surface area contributed by atoms with Crippen molar-refractivity contribution >= 4 is 18.0 Å². The first-order chi connectivity index (χ1) is 16.0. The molecule has 2 aromatic carbocycles. The van der Waals surface area contributed by atoms with E-state index in [1.54, 1.807) is 11.0 Å². The van der Waals surface area contributed by atoms with Crippen LogP contribution in [0.15, 0.2) is 60.7 Å². The van der Waals surface area contributed by atoms with Gasteiger partial charge < -0.3 is 20.1 Å². The van der Waals surface area contributed by atoms with Gasteiger partial charge in [-0.2, -0.15) is 0 Å². The molecule has 0 saturated carbocycles. The minimum absolute atomic E-state index is 0.0106. The van der Waals surface area contributed by atoms with E-state index in [0.29, 0.717) is 19.4 Å². The molecule has 1 saturated heterocycles. The van der Waals surface area contributed by atoms with Crippen LogP contribution in [0.2, 0.25) is 0 Å². The zero-order valence-corrected chi connectivity index (χ0v) is 18.6. The predicted molar refractivity (Wildman–Crippen MR) is 124 cm³/mol. The van der Waals surface area contributed by atoms with E-state index < -0.39 is 18.0 Å². The topological polar surface area (TPSA) is 95.9 Å². The molecule has 2 unspecified atom stereocenters. The average Bonchev–Trinajstić information content (AvgIpc) is 3.40. The second-order valence-corrected chi connectivity index (χ2v) is 8.35. The van der Waals surface area contributed by atoms with E-state index in [4.69, 9.17) is 4.74 Å².